The molecule has 0 aromatic carbocycles. The number of ether oxygens (including phenoxy) is 2. The van der Waals surface area contributed by atoms with Crippen LogP contribution in [0.15, 0.2) is 28.4 Å². The van der Waals surface area contributed by atoms with E-state index in [4.69, 9.17) is 13.9 Å². The molecule has 6 nitrogen and oxygen atoms in total. The molecule has 2 atom stereocenters. The normalized spacial score (nSPS) is 22.6. The number of methoxy groups -OCH3 is 1. The number of furan rings is 1. The molecular formula is C15H18N2O4S. The molecule has 0 saturated carbocycles. The van der Waals surface area contributed by atoms with Gasteiger partial charge in [0.1, 0.15) is 11.3 Å². The molecule has 1 fully saturated rings. The summed E-state index contributed by atoms with van der Waals surface area (Å²) in [6.45, 7) is 3.94. The molecule has 0 N–H and O–H groups in total. The molecular weight excluding hydrogens is 304 g/mol. The van der Waals surface area contributed by atoms with E-state index < -0.39 is 6.10 Å². The predicted octanol–water partition coefficient (Wildman–Crippen LogP) is 2.17. The lowest BCUT2D eigenvalue weighted by atomic mass is 10.2. The maximum atomic E-state index is 11.7. The summed E-state index contributed by atoms with van der Waals surface area (Å²) in [5, 5.41) is 2.98. The highest BCUT2D eigenvalue weighted by Crippen LogP contribution is 2.25. The van der Waals surface area contributed by atoms with Gasteiger partial charge in [-0.15, -0.1) is 11.3 Å². The Bertz CT molecular complexity index is 625. The summed E-state index contributed by atoms with van der Waals surface area (Å²) in [6, 6.07) is 1.90. The lowest BCUT2D eigenvalue weighted by Gasteiger charge is -2.34. The summed E-state index contributed by atoms with van der Waals surface area (Å²) in [6.07, 6.45) is 2.79. The standard InChI is InChI=1S/C15H18N2O4S/c1-10-5-17(7-13(21-10)15(18)19-2)6-12-9-22-14(16-12)11-3-4-20-8-11/h3-4,8-10,13H,5-7H2,1-2H3/t10-,13?/m1/s1. The van der Waals surface area contributed by atoms with Crippen molar-refractivity contribution in [3.05, 3.63) is 29.7 Å². The molecule has 3 rings (SSSR count). The van der Waals surface area contributed by atoms with Crippen LogP contribution in [-0.2, 0) is 20.8 Å². The van der Waals surface area contributed by atoms with Crippen LogP contribution in [-0.4, -0.2) is 48.3 Å². The Kier molecular flexibility index (Phi) is 4.56. The van der Waals surface area contributed by atoms with E-state index in [1.165, 1.54) is 7.11 Å². The number of esters is 1. The highest BCUT2D eigenvalue weighted by Gasteiger charge is 2.31. The van der Waals surface area contributed by atoms with E-state index in [2.05, 4.69) is 9.88 Å². The first-order valence-electron chi connectivity index (χ1n) is 7.08. The maximum absolute atomic E-state index is 11.7. The molecule has 0 spiro atoms. The number of thiazole rings is 1. The third-order valence-electron chi connectivity index (χ3n) is 3.51. The fourth-order valence-corrected chi connectivity index (χ4v) is 3.35. The molecule has 3 heterocycles. The van der Waals surface area contributed by atoms with E-state index >= 15 is 0 Å². The minimum Gasteiger partial charge on any atom is -0.472 e. The Morgan fingerprint density at radius 3 is 3.14 bits per heavy atom. The summed E-state index contributed by atoms with van der Waals surface area (Å²) in [5.74, 6) is -0.325. The molecule has 1 aliphatic rings. The summed E-state index contributed by atoms with van der Waals surface area (Å²) < 4.78 is 15.5. The second kappa shape index (κ2) is 6.60. The van der Waals surface area contributed by atoms with Crippen molar-refractivity contribution < 1.29 is 18.7 Å². The largest absolute Gasteiger partial charge is 0.472 e. The molecule has 1 saturated heterocycles. The molecule has 1 aliphatic heterocycles. The number of carbonyl (C=O) groups is 1. The molecule has 0 radical (unpaired) electrons. The molecule has 2 aromatic rings. The number of hydrogen-bond acceptors (Lipinski definition) is 7. The van der Waals surface area contributed by atoms with E-state index in [0.29, 0.717) is 13.1 Å². The van der Waals surface area contributed by atoms with Crippen LogP contribution in [0.25, 0.3) is 10.6 Å². The van der Waals surface area contributed by atoms with Gasteiger partial charge in [-0.3, -0.25) is 4.90 Å². The third-order valence-corrected chi connectivity index (χ3v) is 4.45. The quantitative estimate of drug-likeness (QED) is 0.804. The number of aromatic nitrogens is 1. The predicted molar refractivity (Wildman–Crippen MR) is 81.4 cm³/mol. The van der Waals surface area contributed by atoms with Crippen LogP contribution in [0, 0.1) is 0 Å². The van der Waals surface area contributed by atoms with Gasteiger partial charge in [0.15, 0.2) is 6.10 Å². The minimum absolute atomic E-state index is 0.00942. The Morgan fingerprint density at radius 2 is 2.41 bits per heavy atom. The fraction of sp³-hybridized carbons (Fsp3) is 0.467. The summed E-state index contributed by atoms with van der Waals surface area (Å²) in [7, 11) is 1.38. The van der Waals surface area contributed by atoms with Crippen molar-refractivity contribution in [1.29, 1.82) is 0 Å². The van der Waals surface area contributed by atoms with Crippen molar-refractivity contribution >= 4 is 17.3 Å². The average molecular weight is 322 g/mol. The van der Waals surface area contributed by atoms with E-state index in [1.54, 1.807) is 23.9 Å². The van der Waals surface area contributed by atoms with Gasteiger partial charge in [-0.05, 0) is 13.0 Å². The van der Waals surface area contributed by atoms with Gasteiger partial charge in [0.25, 0.3) is 0 Å². The van der Waals surface area contributed by atoms with Gasteiger partial charge >= 0.3 is 5.97 Å². The summed E-state index contributed by atoms with van der Waals surface area (Å²) in [5.41, 5.74) is 1.97. The molecule has 7 heteroatoms. The number of morpholine rings is 1. The van der Waals surface area contributed by atoms with Crippen LogP contribution in [0.5, 0.6) is 0 Å². The Morgan fingerprint density at radius 1 is 1.55 bits per heavy atom. The molecule has 118 valence electrons. The van der Waals surface area contributed by atoms with E-state index in [1.807, 2.05) is 18.4 Å². The second-order valence-electron chi connectivity index (χ2n) is 5.31. The average Bonchev–Trinajstić information content (AvgIpc) is 3.16. The fourth-order valence-electron chi connectivity index (χ4n) is 2.56. The molecule has 0 bridgehead atoms. The summed E-state index contributed by atoms with van der Waals surface area (Å²) >= 11 is 1.59. The van der Waals surface area contributed by atoms with Crippen LogP contribution >= 0.6 is 11.3 Å². The van der Waals surface area contributed by atoms with Crippen LogP contribution in [0.2, 0.25) is 0 Å². The van der Waals surface area contributed by atoms with Gasteiger partial charge in [0.05, 0.1) is 25.2 Å². The van der Waals surface area contributed by atoms with E-state index in [9.17, 15) is 4.79 Å². The molecule has 1 unspecified atom stereocenters. The Labute approximate surface area is 132 Å². The van der Waals surface area contributed by atoms with Crippen LogP contribution in [0.3, 0.4) is 0 Å². The minimum atomic E-state index is -0.527. The lowest BCUT2D eigenvalue weighted by molar-refractivity contribution is -0.166. The van der Waals surface area contributed by atoms with Crippen molar-refractivity contribution in [2.45, 2.75) is 25.7 Å². The monoisotopic (exact) mass is 322 g/mol. The zero-order valence-corrected chi connectivity index (χ0v) is 13.3. The first kappa shape index (κ1) is 15.2. The van der Waals surface area contributed by atoms with E-state index in [0.717, 1.165) is 22.8 Å². The Hall–Kier alpha value is -1.70. The van der Waals surface area contributed by atoms with Gasteiger partial charge in [0, 0.05) is 30.6 Å². The zero-order chi connectivity index (χ0) is 15.5. The number of carbonyl (C=O) groups excluding carboxylic acids is 1. The van der Waals surface area contributed by atoms with Crippen molar-refractivity contribution in [3.63, 3.8) is 0 Å². The first-order valence-corrected chi connectivity index (χ1v) is 7.96. The van der Waals surface area contributed by atoms with Gasteiger partial charge < -0.3 is 13.9 Å². The second-order valence-corrected chi connectivity index (χ2v) is 6.17. The van der Waals surface area contributed by atoms with Gasteiger partial charge in [-0.1, -0.05) is 0 Å². The third kappa shape index (κ3) is 3.37. The zero-order valence-electron chi connectivity index (χ0n) is 12.5. The van der Waals surface area contributed by atoms with Crippen LogP contribution < -0.4 is 0 Å². The molecule has 0 aliphatic carbocycles. The summed E-state index contributed by atoms with van der Waals surface area (Å²) in [4.78, 5) is 18.5. The SMILES string of the molecule is COC(=O)C1CN(Cc2csc(-c3ccoc3)n2)C[C@@H](C)O1. The highest BCUT2D eigenvalue weighted by atomic mass is 32.1. The lowest BCUT2D eigenvalue weighted by Crippen LogP contribution is -2.49. The molecule has 2 aromatic heterocycles. The van der Waals surface area contributed by atoms with Crippen molar-refractivity contribution in [2.24, 2.45) is 0 Å². The van der Waals surface area contributed by atoms with E-state index in [-0.39, 0.29) is 12.1 Å². The van der Waals surface area contributed by atoms with Gasteiger partial charge in [-0.25, -0.2) is 9.78 Å². The Balaban J connectivity index is 1.66. The molecule has 0 amide bonds. The van der Waals surface area contributed by atoms with Gasteiger partial charge in [-0.2, -0.15) is 0 Å². The van der Waals surface area contributed by atoms with Crippen LogP contribution in [0.1, 0.15) is 12.6 Å². The topological polar surface area (TPSA) is 64.8 Å². The van der Waals surface area contributed by atoms with Gasteiger partial charge in [0.2, 0.25) is 0 Å². The van der Waals surface area contributed by atoms with Crippen LogP contribution in [0.4, 0.5) is 0 Å². The van der Waals surface area contributed by atoms with Crippen molar-refractivity contribution in [3.8, 4) is 10.6 Å². The number of nitrogens with zero attached hydrogens (tertiary/aromatic N) is 2. The first-order chi connectivity index (χ1) is 10.7. The highest BCUT2D eigenvalue weighted by molar-refractivity contribution is 7.13. The van der Waals surface area contributed by atoms with Crippen molar-refractivity contribution in [1.82, 2.24) is 9.88 Å². The number of rotatable bonds is 4. The number of hydrogen-bond donors (Lipinski definition) is 0. The molecule has 22 heavy (non-hydrogen) atoms. The van der Waals surface area contributed by atoms with Crippen molar-refractivity contribution in [2.75, 3.05) is 20.2 Å². The smallest absolute Gasteiger partial charge is 0.336 e. The maximum Gasteiger partial charge on any atom is 0.336 e.